The summed E-state index contributed by atoms with van der Waals surface area (Å²) in [5.74, 6) is 0.947. The lowest BCUT2D eigenvalue weighted by atomic mass is 10.0. The number of hydrogen-bond acceptors (Lipinski definition) is 3. The number of nitrogens with zero attached hydrogens (tertiary/aromatic N) is 1. The molecule has 0 radical (unpaired) electrons. The minimum absolute atomic E-state index is 0.748. The number of likely N-dealkylation sites (tertiary alicyclic amines) is 1. The van der Waals surface area contributed by atoms with Crippen molar-refractivity contribution >= 4 is 0 Å². The van der Waals surface area contributed by atoms with Crippen molar-refractivity contribution in [2.24, 2.45) is 0 Å². The lowest BCUT2D eigenvalue weighted by Crippen LogP contribution is -2.46. The lowest BCUT2D eigenvalue weighted by Gasteiger charge is -2.36. The fourth-order valence-electron chi connectivity index (χ4n) is 3.24. The van der Waals surface area contributed by atoms with Crippen LogP contribution < -0.4 is 10.1 Å². The van der Waals surface area contributed by atoms with Gasteiger partial charge in [0.1, 0.15) is 5.75 Å². The van der Waals surface area contributed by atoms with Gasteiger partial charge in [0.05, 0.1) is 7.11 Å². The average molecular weight is 288 g/mol. The highest BCUT2D eigenvalue weighted by Crippen LogP contribution is 2.21. The second-order valence-corrected chi connectivity index (χ2v) is 6.47. The van der Waals surface area contributed by atoms with Crippen molar-refractivity contribution in [1.29, 1.82) is 0 Å². The zero-order chi connectivity index (χ0) is 14.5. The van der Waals surface area contributed by atoms with Crippen LogP contribution in [-0.2, 0) is 6.42 Å². The topological polar surface area (TPSA) is 24.5 Å². The van der Waals surface area contributed by atoms with Gasteiger partial charge in [0, 0.05) is 25.2 Å². The number of piperidine rings is 1. The van der Waals surface area contributed by atoms with Crippen LogP contribution in [0.4, 0.5) is 0 Å². The van der Waals surface area contributed by atoms with E-state index in [4.69, 9.17) is 4.74 Å². The largest absolute Gasteiger partial charge is 0.497 e. The normalized spacial score (nSPS) is 23.2. The Morgan fingerprint density at radius 1 is 1.14 bits per heavy atom. The third-order valence-electron chi connectivity index (χ3n) is 4.82. The second kappa shape index (κ2) is 7.28. The Labute approximate surface area is 128 Å². The standard InChI is InChI=1S/C18H28N2O/c1-21-18-9-5-15(6-10-18)11-13-20-12-3-2-4-17(20)14-19-16-7-8-16/h5-6,9-10,16-17,19H,2-4,7-8,11-14H2,1H3. The molecule has 0 spiro atoms. The molecule has 0 bridgehead atoms. The Kier molecular flexibility index (Phi) is 5.15. The van der Waals surface area contributed by atoms with Gasteiger partial charge in [0.2, 0.25) is 0 Å². The molecule has 1 aliphatic carbocycles. The van der Waals surface area contributed by atoms with Crippen molar-refractivity contribution in [3.8, 4) is 5.75 Å². The summed E-state index contributed by atoms with van der Waals surface area (Å²) in [4.78, 5) is 2.70. The molecule has 1 aromatic carbocycles. The molecule has 0 aromatic heterocycles. The van der Waals surface area contributed by atoms with Gasteiger partial charge in [0.25, 0.3) is 0 Å². The molecule has 21 heavy (non-hydrogen) atoms. The summed E-state index contributed by atoms with van der Waals surface area (Å²) in [7, 11) is 1.72. The van der Waals surface area contributed by atoms with Crippen molar-refractivity contribution in [2.75, 3.05) is 26.7 Å². The Balaban J connectivity index is 1.48. The molecule has 116 valence electrons. The van der Waals surface area contributed by atoms with E-state index in [0.717, 1.165) is 24.3 Å². The van der Waals surface area contributed by atoms with Crippen molar-refractivity contribution in [2.45, 2.75) is 50.6 Å². The molecule has 2 aliphatic rings. The van der Waals surface area contributed by atoms with Crippen LogP contribution in [0.25, 0.3) is 0 Å². The van der Waals surface area contributed by atoms with Gasteiger partial charge < -0.3 is 10.1 Å². The highest BCUT2D eigenvalue weighted by Gasteiger charge is 2.26. The third kappa shape index (κ3) is 4.45. The predicted octanol–water partition coefficient (Wildman–Crippen LogP) is 2.84. The van der Waals surface area contributed by atoms with E-state index >= 15 is 0 Å². The average Bonchev–Trinajstić information content (AvgIpc) is 3.36. The molecule has 0 amide bonds. The molecule has 3 nitrogen and oxygen atoms in total. The minimum atomic E-state index is 0.748. The van der Waals surface area contributed by atoms with Crippen molar-refractivity contribution in [3.63, 3.8) is 0 Å². The van der Waals surface area contributed by atoms with Crippen LogP contribution in [0.2, 0.25) is 0 Å². The van der Waals surface area contributed by atoms with E-state index in [1.807, 2.05) is 0 Å². The van der Waals surface area contributed by atoms with E-state index in [1.54, 1.807) is 7.11 Å². The quantitative estimate of drug-likeness (QED) is 0.835. The van der Waals surface area contributed by atoms with Crippen molar-refractivity contribution < 1.29 is 4.74 Å². The fourth-order valence-corrected chi connectivity index (χ4v) is 3.24. The van der Waals surface area contributed by atoms with Crippen molar-refractivity contribution in [3.05, 3.63) is 29.8 Å². The zero-order valence-electron chi connectivity index (χ0n) is 13.2. The Hall–Kier alpha value is -1.06. The van der Waals surface area contributed by atoms with Gasteiger partial charge in [-0.1, -0.05) is 18.6 Å². The van der Waals surface area contributed by atoms with E-state index in [1.165, 1.54) is 57.3 Å². The Morgan fingerprint density at radius 2 is 1.95 bits per heavy atom. The zero-order valence-corrected chi connectivity index (χ0v) is 13.2. The molecule has 3 heteroatoms. The van der Waals surface area contributed by atoms with Gasteiger partial charge in [-0.2, -0.15) is 0 Å². The van der Waals surface area contributed by atoms with Gasteiger partial charge in [-0.3, -0.25) is 4.90 Å². The number of benzene rings is 1. The van der Waals surface area contributed by atoms with E-state index in [0.29, 0.717) is 0 Å². The highest BCUT2D eigenvalue weighted by molar-refractivity contribution is 5.27. The molecule has 1 heterocycles. The van der Waals surface area contributed by atoms with Crippen molar-refractivity contribution in [1.82, 2.24) is 10.2 Å². The SMILES string of the molecule is COc1ccc(CCN2CCCCC2CNC2CC2)cc1. The molecule has 1 unspecified atom stereocenters. The molecule has 1 N–H and O–H groups in total. The van der Waals surface area contributed by atoms with E-state index < -0.39 is 0 Å². The molecular weight excluding hydrogens is 260 g/mol. The maximum absolute atomic E-state index is 5.22. The summed E-state index contributed by atoms with van der Waals surface area (Å²) >= 11 is 0. The maximum Gasteiger partial charge on any atom is 0.118 e. The van der Waals surface area contributed by atoms with Gasteiger partial charge in [-0.05, 0) is 56.3 Å². The van der Waals surface area contributed by atoms with E-state index in [2.05, 4.69) is 34.5 Å². The first-order valence-corrected chi connectivity index (χ1v) is 8.45. The highest BCUT2D eigenvalue weighted by atomic mass is 16.5. The van der Waals surface area contributed by atoms with Gasteiger partial charge >= 0.3 is 0 Å². The number of nitrogens with one attached hydrogen (secondary N) is 1. The fraction of sp³-hybridized carbons (Fsp3) is 0.667. The number of hydrogen-bond donors (Lipinski definition) is 1. The third-order valence-corrected chi connectivity index (χ3v) is 4.82. The molecule has 3 rings (SSSR count). The molecule has 1 saturated carbocycles. The molecule has 1 atom stereocenters. The van der Waals surface area contributed by atoms with Gasteiger partial charge in [-0.15, -0.1) is 0 Å². The summed E-state index contributed by atoms with van der Waals surface area (Å²) in [6.07, 6.45) is 8.04. The molecule has 2 fully saturated rings. The minimum Gasteiger partial charge on any atom is -0.497 e. The molecule has 1 aliphatic heterocycles. The molecular formula is C18H28N2O. The molecule has 1 aromatic rings. The van der Waals surface area contributed by atoms with Crippen LogP contribution in [0.3, 0.4) is 0 Å². The smallest absolute Gasteiger partial charge is 0.118 e. The summed E-state index contributed by atoms with van der Waals surface area (Å²) in [6, 6.07) is 10.1. The summed E-state index contributed by atoms with van der Waals surface area (Å²) < 4.78 is 5.22. The molecule has 1 saturated heterocycles. The number of rotatable bonds is 7. The van der Waals surface area contributed by atoms with Gasteiger partial charge in [0.15, 0.2) is 0 Å². The first-order chi connectivity index (χ1) is 10.3. The monoisotopic (exact) mass is 288 g/mol. The predicted molar refractivity (Wildman–Crippen MR) is 86.9 cm³/mol. The van der Waals surface area contributed by atoms with Crippen LogP contribution in [0.15, 0.2) is 24.3 Å². The van der Waals surface area contributed by atoms with Crippen LogP contribution in [0.1, 0.15) is 37.7 Å². The maximum atomic E-state index is 5.22. The van der Waals surface area contributed by atoms with Crippen LogP contribution >= 0.6 is 0 Å². The summed E-state index contributed by atoms with van der Waals surface area (Å²) in [5.41, 5.74) is 1.41. The Bertz CT molecular complexity index is 427. The van der Waals surface area contributed by atoms with Crippen LogP contribution in [-0.4, -0.2) is 43.7 Å². The second-order valence-electron chi connectivity index (χ2n) is 6.47. The summed E-state index contributed by atoms with van der Waals surface area (Å²) in [5, 5.41) is 3.71. The lowest BCUT2D eigenvalue weighted by molar-refractivity contribution is 0.147. The van der Waals surface area contributed by atoms with E-state index in [9.17, 15) is 0 Å². The van der Waals surface area contributed by atoms with Crippen LogP contribution in [0, 0.1) is 0 Å². The van der Waals surface area contributed by atoms with Crippen LogP contribution in [0.5, 0.6) is 5.75 Å². The van der Waals surface area contributed by atoms with E-state index in [-0.39, 0.29) is 0 Å². The number of methoxy groups -OCH3 is 1. The Morgan fingerprint density at radius 3 is 2.67 bits per heavy atom. The number of ether oxygens (including phenoxy) is 1. The first kappa shape index (κ1) is 14.9. The van der Waals surface area contributed by atoms with Gasteiger partial charge in [-0.25, -0.2) is 0 Å². The first-order valence-electron chi connectivity index (χ1n) is 8.45. The summed E-state index contributed by atoms with van der Waals surface area (Å²) in [6.45, 7) is 3.64.